The Morgan fingerprint density at radius 3 is 2.68 bits per heavy atom. The quantitative estimate of drug-likeness (QED) is 0.445. The van der Waals surface area contributed by atoms with Gasteiger partial charge in [0.15, 0.2) is 0 Å². The van der Waals surface area contributed by atoms with Crippen LogP contribution < -0.4 is 5.48 Å². The lowest BCUT2D eigenvalue weighted by Crippen LogP contribution is -2.50. The van der Waals surface area contributed by atoms with Crippen molar-refractivity contribution in [1.29, 1.82) is 0 Å². The van der Waals surface area contributed by atoms with Gasteiger partial charge in [-0.05, 0) is 25.8 Å². The lowest BCUT2D eigenvalue weighted by Gasteiger charge is -2.26. The van der Waals surface area contributed by atoms with Gasteiger partial charge >= 0.3 is 5.97 Å². The minimum atomic E-state index is -0.910. The molecule has 0 saturated carbocycles. The van der Waals surface area contributed by atoms with Gasteiger partial charge in [-0.2, -0.15) is 5.48 Å². The summed E-state index contributed by atoms with van der Waals surface area (Å²) < 4.78 is 5.03. The van der Waals surface area contributed by atoms with E-state index < -0.39 is 5.54 Å². The maximum atomic E-state index is 11.9. The number of benzene rings is 1. The number of rotatable bonds is 8. The average Bonchev–Trinajstić information content (AvgIpc) is 2.40. The first-order valence-electron chi connectivity index (χ1n) is 6.33. The Hall–Kier alpha value is -1.65. The second-order valence-electron chi connectivity index (χ2n) is 4.42. The van der Waals surface area contributed by atoms with Crippen molar-refractivity contribution in [2.75, 3.05) is 6.61 Å². The molecule has 0 spiro atoms. The molecule has 0 radical (unpaired) electrons. The van der Waals surface area contributed by atoms with Crippen molar-refractivity contribution in [2.24, 2.45) is 0 Å². The highest BCUT2D eigenvalue weighted by atomic mass is 16.7. The van der Waals surface area contributed by atoms with Crippen LogP contribution in [0.1, 0.15) is 25.8 Å². The standard InChI is InChI=1S/C15H21NO3/c1-4-11-15(3,14(17)18-5-2)16-19-12-13-9-7-6-8-10-13/h4,6-10,16H,1,5,11-12H2,2-3H3/t15-/m0/s1. The summed E-state index contributed by atoms with van der Waals surface area (Å²) in [4.78, 5) is 17.3. The van der Waals surface area contributed by atoms with Crippen LogP contribution in [0.25, 0.3) is 0 Å². The highest BCUT2D eigenvalue weighted by Gasteiger charge is 2.33. The molecule has 0 aliphatic carbocycles. The predicted molar refractivity (Wildman–Crippen MR) is 74.2 cm³/mol. The summed E-state index contributed by atoms with van der Waals surface area (Å²) in [6, 6.07) is 9.73. The Kier molecular flexibility index (Phi) is 6.25. The average molecular weight is 263 g/mol. The zero-order chi connectivity index (χ0) is 14.1. The van der Waals surface area contributed by atoms with Gasteiger partial charge in [0, 0.05) is 0 Å². The molecule has 0 bridgehead atoms. The van der Waals surface area contributed by atoms with Crippen molar-refractivity contribution in [1.82, 2.24) is 5.48 Å². The van der Waals surface area contributed by atoms with Gasteiger partial charge in [0.25, 0.3) is 0 Å². The zero-order valence-corrected chi connectivity index (χ0v) is 11.5. The Morgan fingerprint density at radius 1 is 1.42 bits per heavy atom. The number of hydrogen-bond donors (Lipinski definition) is 1. The molecular weight excluding hydrogens is 242 g/mol. The Bertz CT molecular complexity index is 405. The number of carbonyl (C=O) groups excluding carboxylic acids is 1. The van der Waals surface area contributed by atoms with E-state index in [9.17, 15) is 4.79 Å². The summed E-state index contributed by atoms with van der Waals surface area (Å²) in [5.74, 6) is -0.344. The van der Waals surface area contributed by atoms with E-state index in [0.29, 0.717) is 19.6 Å². The molecule has 4 heteroatoms. The molecule has 0 aromatic heterocycles. The molecule has 0 saturated heterocycles. The van der Waals surface area contributed by atoms with Crippen LogP contribution in [0.3, 0.4) is 0 Å². The largest absolute Gasteiger partial charge is 0.465 e. The number of hydrogen-bond acceptors (Lipinski definition) is 4. The zero-order valence-electron chi connectivity index (χ0n) is 11.5. The van der Waals surface area contributed by atoms with Crippen molar-refractivity contribution in [3.05, 3.63) is 48.6 Å². The number of hydroxylamine groups is 1. The topological polar surface area (TPSA) is 47.6 Å². The van der Waals surface area contributed by atoms with E-state index in [2.05, 4.69) is 12.1 Å². The summed E-state index contributed by atoms with van der Waals surface area (Å²) in [6.07, 6.45) is 2.09. The van der Waals surface area contributed by atoms with E-state index in [4.69, 9.17) is 9.57 Å². The normalized spacial score (nSPS) is 13.6. The molecular formula is C15H21NO3. The van der Waals surface area contributed by atoms with Gasteiger partial charge in [-0.1, -0.05) is 36.4 Å². The third-order valence-corrected chi connectivity index (χ3v) is 2.66. The molecule has 1 atom stereocenters. The smallest absolute Gasteiger partial charge is 0.328 e. The maximum absolute atomic E-state index is 11.9. The molecule has 0 heterocycles. The first kappa shape index (κ1) is 15.4. The molecule has 19 heavy (non-hydrogen) atoms. The maximum Gasteiger partial charge on any atom is 0.328 e. The summed E-state index contributed by atoms with van der Waals surface area (Å²) in [5.41, 5.74) is 2.90. The van der Waals surface area contributed by atoms with Crippen LogP contribution in [-0.2, 0) is 21.0 Å². The van der Waals surface area contributed by atoms with Gasteiger partial charge in [-0.3, -0.25) is 4.84 Å². The highest BCUT2D eigenvalue weighted by molar-refractivity contribution is 5.80. The van der Waals surface area contributed by atoms with Crippen molar-refractivity contribution in [3.63, 3.8) is 0 Å². The van der Waals surface area contributed by atoms with Crippen LogP contribution >= 0.6 is 0 Å². The van der Waals surface area contributed by atoms with Gasteiger partial charge in [-0.25, -0.2) is 4.79 Å². The minimum Gasteiger partial charge on any atom is -0.465 e. The number of carbonyl (C=O) groups is 1. The molecule has 1 aromatic rings. The number of nitrogens with one attached hydrogen (secondary N) is 1. The van der Waals surface area contributed by atoms with E-state index in [1.807, 2.05) is 30.3 Å². The molecule has 4 nitrogen and oxygen atoms in total. The van der Waals surface area contributed by atoms with Crippen molar-refractivity contribution < 1.29 is 14.4 Å². The lowest BCUT2D eigenvalue weighted by atomic mass is 9.99. The SMILES string of the molecule is C=CC[C@](C)(NOCc1ccccc1)C(=O)OCC. The van der Waals surface area contributed by atoms with Gasteiger partial charge in [0.05, 0.1) is 13.2 Å². The summed E-state index contributed by atoms with van der Waals surface area (Å²) in [7, 11) is 0. The predicted octanol–water partition coefficient (Wildman–Crippen LogP) is 2.61. The molecule has 0 aliphatic rings. The number of ether oxygens (including phenoxy) is 1. The molecule has 0 fully saturated rings. The Balaban J connectivity index is 2.54. The third-order valence-electron chi connectivity index (χ3n) is 2.66. The molecule has 0 aliphatic heterocycles. The summed E-state index contributed by atoms with van der Waals surface area (Å²) in [6.45, 7) is 7.88. The fourth-order valence-electron chi connectivity index (χ4n) is 1.60. The molecule has 104 valence electrons. The lowest BCUT2D eigenvalue weighted by molar-refractivity contribution is -0.158. The van der Waals surface area contributed by atoms with Crippen LogP contribution in [0.15, 0.2) is 43.0 Å². The van der Waals surface area contributed by atoms with Gasteiger partial charge in [-0.15, -0.1) is 6.58 Å². The van der Waals surface area contributed by atoms with Crippen molar-refractivity contribution in [3.8, 4) is 0 Å². The monoisotopic (exact) mass is 263 g/mol. The molecule has 1 N–H and O–H groups in total. The van der Waals surface area contributed by atoms with Crippen LogP contribution in [0.5, 0.6) is 0 Å². The van der Waals surface area contributed by atoms with Gasteiger partial charge in [0.2, 0.25) is 0 Å². The summed E-state index contributed by atoms with van der Waals surface area (Å²) >= 11 is 0. The van der Waals surface area contributed by atoms with E-state index in [0.717, 1.165) is 5.56 Å². The van der Waals surface area contributed by atoms with E-state index >= 15 is 0 Å². The minimum absolute atomic E-state index is 0.339. The fourth-order valence-corrected chi connectivity index (χ4v) is 1.60. The Morgan fingerprint density at radius 2 is 2.11 bits per heavy atom. The van der Waals surface area contributed by atoms with E-state index in [1.165, 1.54) is 0 Å². The van der Waals surface area contributed by atoms with Gasteiger partial charge < -0.3 is 4.74 Å². The van der Waals surface area contributed by atoms with Crippen LogP contribution in [0, 0.1) is 0 Å². The van der Waals surface area contributed by atoms with Crippen LogP contribution in [0.4, 0.5) is 0 Å². The molecule has 0 amide bonds. The molecule has 1 aromatic carbocycles. The first-order chi connectivity index (χ1) is 9.12. The molecule has 1 rings (SSSR count). The highest BCUT2D eigenvalue weighted by Crippen LogP contribution is 2.13. The second kappa shape index (κ2) is 7.71. The summed E-state index contributed by atoms with van der Waals surface area (Å²) in [5, 5.41) is 0. The van der Waals surface area contributed by atoms with E-state index in [-0.39, 0.29) is 5.97 Å². The molecule has 0 unspecified atom stereocenters. The fraction of sp³-hybridized carbons (Fsp3) is 0.400. The van der Waals surface area contributed by atoms with Crippen LogP contribution in [0.2, 0.25) is 0 Å². The van der Waals surface area contributed by atoms with Gasteiger partial charge in [0.1, 0.15) is 5.54 Å². The van der Waals surface area contributed by atoms with Crippen molar-refractivity contribution >= 4 is 5.97 Å². The third kappa shape index (κ3) is 4.85. The second-order valence-corrected chi connectivity index (χ2v) is 4.42. The number of esters is 1. The van der Waals surface area contributed by atoms with E-state index in [1.54, 1.807) is 19.9 Å². The van der Waals surface area contributed by atoms with Crippen LogP contribution in [-0.4, -0.2) is 18.1 Å². The first-order valence-corrected chi connectivity index (χ1v) is 6.33. The Labute approximate surface area is 114 Å². The van der Waals surface area contributed by atoms with Crippen molar-refractivity contribution in [2.45, 2.75) is 32.4 Å².